The number of aliphatic hydroxyl groups is 1. The van der Waals surface area contributed by atoms with Crippen molar-refractivity contribution in [3.8, 4) is 23.8 Å². The lowest BCUT2D eigenvalue weighted by molar-refractivity contribution is 0.0207. The molecular formula is C18H27NO5. The highest BCUT2D eigenvalue weighted by atomic mass is 16.5. The van der Waals surface area contributed by atoms with Gasteiger partial charge in [0.25, 0.3) is 0 Å². The Bertz CT molecular complexity index is 492. The van der Waals surface area contributed by atoms with Gasteiger partial charge in [0.05, 0.1) is 33.5 Å². The third-order valence-corrected chi connectivity index (χ3v) is 3.39. The van der Waals surface area contributed by atoms with E-state index in [1.54, 1.807) is 21.3 Å². The third kappa shape index (κ3) is 7.66. The number of hydrogen-bond acceptors (Lipinski definition) is 6. The highest BCUT2D eigenvalue weighted by Gasteiger charge is 2.14. The van der Waals surface area contributed by atoms with Crippen molar-refractivity contribution in [2.75, 3.05) is 54.2 Å². The van der Waals surface area contributed by atoms with E-state index in [-0.39, 0.29) is 13.2 Å². The SMILES string of the molecule is C#CCOC[C@H](O)CN(CCOC)Cc1cc(OC)cc(OC)c1. The van der Waals surface area contributed by atoms with Gasteiger partial charge in [-0.3, -0.25) is 4.90 Å². The van der Waals surface area contributed by atoms with Gasteiger partial charge in [0.1, 0.15) is 18.1 Å². The molecule has 0 saturated carbocycles. The van der Waals surface area contributed by atoms with Crippen LogP contribution in [0.15, 0.2) is 18.2 Å². The fourth-order valence-electron chi connectivity index (χ4n) is 2.28. The summed E-state index contributed by atoms with van der Waals surface area (Å²) in [6, 6.07) is 5.72. The first-order valence-electron chi connectivity index (χ1n) is 7.75. The van der Waals surface area contributed by atoms with Crippen molar-refractivity contribution < 1.29 is 24.1 Å². The van der Waals surface area contributed by atoms with Crippen molar-refractivity contribution in [2.24, 2.45) is 0 Å². The molecule has 1 aromatic rings. The second-order valence-corrected chi connectivity index (χ2v) is 5.32. The van der Waals surface area contributed by atoms with E-state index < -0.39 is 6.10 Å². The maximum atomic E-state index is 10.1. The smallest absolute Gasteiger partial charge is 0.122 e. The first kappa shape index (κ1) is 20.3. The highest BCUT2D eigenvalue weighted by molar-refractivity contribution is 5.38. The molecule has 0 saturated heterocycles. The van der Waals surface area contributed by atoms with Crippen LogP contribution in [0.1, 0.15) is 5.56 Å². The van der Waals surface area contributed by atoms with Crippen LogP contribution in [0.2, 0.25) is 0 Å². The lowest BCUT2D eigenvalue weighted by Crippen LogP contribution is -2.36. The molecular weight excluding hydrogens is 310 g/mol. The molecule has 0 aliphatic heterocycles. The molecule has 0 aromatic heterocycles. The summed E-state index contributed by atoms with van der Waals surface area (Å²) in [7, 11) is 4.89. The van der Waals surface area contributed by atoms with Crippen molar-refractivity contribution in [1.29, 1.82) is 0 Å². The fourth-order valence-corrected chi connectivity index (χ4v) is 2.28. The van der Waals surface area contributed by atoms with E-state index in [2.05, 4.69) is 10.8 Å². The number of terminal acetylenes is 1. The Kier molecular flexibility index (Phi) is 9.89. The number of nitrogens with zero attached hydrogens (tertiary/aromatic N) is 1. The summed E-state index contributed by atoms with van der Waals surface area (Å²) in [6.07, 6.45) is 4.51. The van der Waals surface area contributed by atoms with E-state index in [9.17, 15) is 5.11 Å². The molecule has 0 spiro atoms. The fraction of sp³-hybridized carbons (Fsp3) is 0.556. The van der Waals surface area contributed by atoms with Gasteiger partial charge < -0.3 is 24.1 Å². The van der Waals surface area contributed by atoms with Crippen LogP contribution in [-0.4, -0.2) is 70.3 Å². The van der Waals surface area contributed by atoms with Gasteiger partial charge in [-0.05, 0) is 17.7 Å². The van der Waals surface area contributed by atoms with E-state index in [0.717, 1.165) is 17.1 Å². The normalized spacial score (nSPS) is 12.0. The lowest BCUT2D eigenvalue weighted by atomic mass is 10.1. The monoisotopic (exact) mass is 337 g/mol. The van der Waals surface area contributed by atoms with Crippen molar-refractivity contribution in [1.82, 2.24) is 4.90 Å². The average molecular weight is 337 g/mol. The van der Waals surface area contributed by atoms with Crippen LogP contribution in [0.5, 0.6) is 11.5 Å². The van der Waals surface area contributed by atoms with Crippen LogP contribution >= 0.6 is 0 Å². The molecule has 1 aromatic carbocycles. The van der Waals surface area contributed by atoms with Crippen molar-refractivity contribution in [2.45, 2.75) is 12.6 Å². The maximum absolute atomic E-state index is 10.1. The molecule has 1 N–H and O–H groups in total. The van der Waals surface area contributed by atoms with Gasteiger partial charge in [-0.25, -0.2) is 0 Å². The molecule has 1 rings (SSSR count). The molecule has 6 heteroatoms. The van der Waals surface area contributed by atoms with Crippen LogP contribution in [-0.2, 0) is 16.0 Å². The van der Waals surface area contributed by atoms with E-state index >= 15 is 0 Å². The Hall–Kier alpha value is -1.78. The Labute approximate surface area is 144 Å². The minimum atomic E-state index is -0.622. The minimum absolute atomic E-state index is 0.197. The third-order valence-electron chi connectivity index (χ3n) is 3.39. The predicted molar refractivity (Wildman–Crippen MR) is 92.4 cm³/mol. The topological polar surface area (TPSA) is 60.4 Å². The van der Waals surface area contributed by atoms with E-state index in [0.29, 0.717) is 26.2 Å². The Balaban J connectivity index is 2.72. The number of aliphatic hydroxyl groups excluding tert-OH is 1. The summed E-state index contributed by atoms with van der Waals surface area (Å²) < 4.78 is 20.9. The minimum Gasteiger partial charge on any atom is -0.497 e. The molecule has 6 nitrogen and oxygen atoms in total. The summed E-state index contributed by atoms with van der Waals surface area (Å²) in [6.45, 7) is 2.73. The van der Waals surface area contributed by atoms with Gasteiger partial charge in [-0.2, -0.15) is 0 Å². The first-order chi connectivity index (χ1) is 11.6. The molecule has 0 aliphatic carbocycles. The summed E-state index contributed by atoms with van der Waals surface area (Å²) >= 11 is 0. The van der Waals surface area contributed by atoms with Gasteiger partial charge in [0.2, 0.25) is 0 Å². The number of ether oxygens (including phenoxy) is 4. The van der Waals surface area contributed by atoms with Gasteiger partial charge in [0.15, 0.2) is 0 Å². The molecule has 24 heavy (non-hydrogen) atoms. The summed E-state index contributed by atoms with van der Waals surface area (Å²) in [5.41, 5.74) is 1.03. The molecule has 0 aliphatic rings. The number of methoxy groups -OCH3 is 3. The predicted octanol–water partition coefficient (Wildman–Crippen LogP) is 1.16. The molecule has 0 amide bonds. The average Bonchev–Trinajstić information content (AvgIpc) is 2.59. The van der Waals surface area contributed by atoms with E-state index in [1.165, 1.54) is 0 Å². The zero-order valence-corrected chi connectivity index (χ0v) is 14.7. The Morgan fingerprint density at radius 2 is 1.83 bits per heavy atom. The summed E-state index contributed by atoms with van der Waals surface area (Å²) in [5, 5.41) is 10.1. The second-order valence-electron chi connectivity index (χ2n) is 5.32. The largest absolute Gasteiger partial charge is 0.497 e. The van der Waals surface area contributed by atoms with Gasteiger partial charge in [-0.15, -0.1) is 6.42 Å². The van der Waals surface area contributed by atoms with Crippen molar-refractivity contribution in [3.63, 3.8) is 0 Å². The van der Waals surface area contributed by atoms with Crippen molar-refractivity contribution >= 4 is 0 Å². The molecule has 0 fully saturated rings. The quantitative estimate of drug-likeness (QED) is 0.456. The second kappa shape index (κ2) is 11.7. The molecule has 0 heterocycles. The number of benzene rings is 1. The zero-order valence-electron chi connectivity index (χ0n) is 14.7. The molecule has 0 unspecified atom stereocenters. The number of rotatable bonds is 12. The zero-order chi connectivity index (χ0) is 17.8. The van der Waals surface area contributed by atoms with Gasteiger partial charge in [0, 0.05) is 32.8 Å². The highest BCUT2D eigenvalue weighted by Crippen LogP contribution is 2.23. The Morgan fingerprint density at radius 3 is 2.38 bits per heavy atom. The van der Waals surface area contributed by atoms with Crippen LogP contribution in [0.4, 0.5) is 0 Å². The van der Waals surface area contributed by atoms with E-state index in [1.807, 2.05) is 18.2 Å². The summed E-state index contributed by atoms with van der Waals surface area (Å²) in [5.74, 6) is 3.84. The molecule has 0 bridgehead atoms. The number of hydrogen-bond donors (Lipinski definition) is 1. The summed E-state index contributed by atoms with van der Waals surface area (Å²) in [4.78, 5) is 2.08. The van der Waals surface area contributed by atoms with Gasteiger partial charge >= 0.3 is 0 Å². The standard InChI is InChI=1S/C18H27NO5/c1-5-7-24-14-16(20)13-19(6-8-21-2)12-15-9-17(22-3)11-18(10-15)23-4/h1,9-11,16,20H,6-8,12-14H2,2-4H3/t16-/m1/s1. The van der Waals surface area contributed by atoms with E-state index in [4.69, 9.17) is 25.4 Å². The molecule has 1 atom stereocenters. The van der Waals surface area contributed by atoms with Gasteiger partial charge in [-0.1, -0.05) is 5.92 Å². The van der Waals surface area contributed by atoms with Crippen LogP contribution < -0.4 is 9.47 Å². The maximum Gasteiger partial charge on any atom is 0.122 e. The first-order valence-corrected chi connectivity index (χ1v) is 7.75. The van der Waals surface area contributed by atoms with Crippen LogP contribution in [0.25, 0.3) is 0 Å². The van der Waals surface area contributed by atoms with Crippen LogP contribution in [0.3, 0.4) is 0 Å². The van der Waals surface area contributed by atoms with Crippen molar-refractivity contribution in [3.05, 3.63) is 23.8 Å². The molecule has 0 radical (unpaired) electrons. The Morgan fingerprint density at radius 1 is 1.17 bits per heavy atom. The van der Waals surface area contributed by atoms with Crippen LogP contribution in [0, 0.1) is 12.3 Å². The lowest BCUT2D eigenvalue weighted by Gasteiger charge is -2.25. The molecule has 134 valence electrons.